The summed E-state index contributed by atoms with van der Waals surface area (Å²) in [7, 11) is 0. The number of ketones is 1. The normalized spacial score (nSPS) is 11.4. The second kappa shape index (κ2) is 6.45. The maximum atomic E-state index is 12.2. The molecule has 22 heavy (non-hydrogen) atoms. The molecule has 0 radical (unpaired) electrons. The van der Waals surface area contributed by atoms with E-state index in [0.717, 1.165) is 16.7 Å². The lowest BCUT2D eigenvalue weighted by Crippen LogP contribution is -2.15. The molecule has 1 heteroatoms. The first-order valence-corrected chi connectivity index (χ1v) is 7.31. The highest BCUT2D eigenvalue weighted by Crippen LogP contribution is 2.30. The van der Waals surface area contributed by atoms with E-state index >= 15 is 0 Å². The van der Waals surface area contributed by atoms with Gasteiger partial charge in [-0.15, -0.1) is 6.42 Å². The molecule has 0 heterocycles. The fourth-order valence-electron chi connectivity index (χ4n) is 2.53. The molecule has 0 aliphatic carbocycles. The van der Waals surface area contributed by atoms with Crippen molar-refractivity contribution in [2.75, 3.05) is 0 Å². The molecule has 0 atom stereocenters. The van der Waals surface area contributed by atoms with E-state index in [9.17, 15) is 4.79 Å². The molecule has 0 amide bonds. The topological polar surface area (TPSA) is 17.1 Å². The highest BCUT2D eigenvalue weighted by atomic mass is 16.1. The van der Waals surface area contributed by atoms with Crippen LogP contribution in [0.25, 0.3) is 6.08 Å². The number of hydrogen-bond acceptors (Lipinski definition) is 1. The molecule has 2 rings (SSSR count). The van der Waals surface area contributed by atoms with E-state index in [1.807, 2.05) is 54.6 Å². The molecule has 0 fully saturated rings. The standard InChI is InChI=1S/C21H20O/c1-5-16-12-9-13-18(20(16)21(2,3)4)14-15-19(22)17-10-7-6-8-11-17/h1,6-15H,2-4H3. The summed E-state index contributed by atoms with van der Waals surface area (Å²) in [6, 6.07) is 15.1. The van der Waals surface area contributed by atoms with Crippen LogP contribution in [-0.4, -0.2) is 5.78 Å². The maximum absolute atomic E-state index is 12.2. The van der Waals surface area contributed by atoms with Crippen LogP contribution in [0.3, 0.4) is 0 Å². The Balaban J connectivity index is 2.40. The Labute approximate surface area is 132 Å². The lowest BCUT2D eigenvalue weighted by Gasteiger charge is -2.23. The van der Waals surface area contributed by atoms with Crippen molar-refractivity contribution in [3.63, 3.8) is 0 Å². The predicted molar refractivity (Wildman–Crippen MR) is 92.9 cm³/mol. The van der Waals surface area contributed by atoms with E-state index in [4.69, 9.17) is 6.42 Å². The first-order chi connectivity index (χ1) is 10.4. The van der Waals surface area contributed by atoms with E-state index in [-0.39, 0.29) is 11.2 Å². The zero-order valence-electron chi connectivity index (χ0n) is 13.3. The second-order valence-corrected chi connectivity index (χ2v) is 6.23. The van der Waals surface area contributed by atoms with Gasteiger partial charge in [0.25, 0.3) is 0 Å². The Bertz CT molecular complexity index is 738. The van der Waals surface area contributed by atoms with Crippen molar-refractivity contribution < 1.29 is 4.79 Å². The molecule has 0 unspecified atom stereocenters. The van der Waals surface area contributed by atoms with Gasteiger partial charge in [-0.1, -0.05) is 75.2 Å². The van der Waals surface area contributed by atoms with E-state index in [1.54, 1.807) is 6.08 Å². The van der Waals surface area contributed by atoms with Crippen LogP contribution in [0.15, 0.2) is 54.6 Å². The van der Waals surface area contributed by atoms with Gasteiger partial charge in [0.2, 0.25) is 0 Å². The third-order valence-electron chi connectivity index (χ3n) is 3.47. The average molecular weight is 288 g/mol. The van der Waals surface area contributed by atoms with Gasteiger partial charge in [0.05, 0.1) is 0 Å². The quantitative estimate of drug-likeness (QED) is 0.448. The molecule has 0 bridgehead atoms. The van der Waals surface area contributed by atoms with Gasteiger partial charge in [0, 0.05) is 11.1 Å². The molecule has 110 valence electrons. The molecule has 0 spiro atoms. The van der Waals surface area contributed by atoms with E-state index in [2.05, 4.69) is 26.7 Å². The van der Waals surface area contributed by atoms with Crippen LogP contribution in [0.1, 0.15) is 47.8 Å². The lowest BCUT2D eigenvalue weighted by molar-refractivity contribution is 0.104. The summed E-state index contributed by atoms with van der Waals surface area (Å²) in [5.74, 6) is 2.74. The summed E-state index contributed by atoms with van der Waals surface area (Å²) < 4.78 is 0. The van der Waals surface area contributed by atoms with Gasteiger partial charge >= 0.3 is 0 Å². The fraction of sp³-hybridized carbons (Fsp3) is 0.190. The molecule has 0 saturated heterocycles. The van der Waals surface area contributed by atoms with Crippen molar-refractivity contribution in [1.82, 2.24) is 0 Å². The van der Waals surface area contributed by atoms with Crippen molar-refractivity contribution in [2.24, 2.45) is 0 Å². The van der Waals surface area contributed by atoms with Crippen LogP contribution >= 0.6 is 0 Å². The fourth-order valence-corrected chi connectivity index (χ4v) is 2.53. The highest BCUT2D eigenvalue weighted by molar-refractivity contribution is 6.06. The van der Waals surface area contributed by atoms with Crippen molar-refractivity contribution in [3.05, 3.63) is 76.9 Å². The number of carbonyl (C=O) groups excluding carboxylic acids is 1. The van der Waals surface area contributed by atoms with Gasteiger partial charge in [-0.3, -0.25) is 4.79 Å². The van der Waals surface area contributed by atoms with Crippen LogP contribution < -0.4 is 0 Å². The molecular formula is C21H20O. The monoisotopic (exact) mass is 288 g/mol. The summed E-state index contributed by atoms with van der Waals surface area (Å²) >= 11 is 0. The Kier molecular flexibility index (Phi) is 4.63. The lowest BCUT2D eigenvalue weighted by atomic mass is 9.80. The summed E-state index contributed by atoms with van der Waals surface area (Å²) in [5, 5.41) is 0. The molecule has 0 aliphatic rings. The summed E-state index contributed by atoms with van der Waals surface area (Å²) in [6.45, 7) is 6.37. The minimum absolute atomic E-state index is 0.00781. The van der Waals surface area contributed by atoms with Gasteiger partial charge in [-0.25, -0.2) is 0 Å². The van der Waals surface area contributed by atoms with Crippen molar-refractivity contribution in [2.45, 2.75) is 26.2 Å². The highest BCUT2D eigenvalue weighted by Gasteiger charge is 2.20. The molecule has 2 aromatic rings. The number of terminal acetylenes is 1. The van der Waals surface area contributed by atoms with E-state index in [0.29, 0.717) is 5.56 Å². The zero-order valence-corrected chi connectivity index (χ0v) is 13.3. The summed E-state index contributed by atoms with van der Waals surface area (Å²) in [6.07, 6.45) is 9.09. The third kappa shape index (κ3) is 3.54. The molecule has 0 saturated carbocycles. The van der Waals surface area contributed by atoms with Gasteiger partial charge in [0.1, 0.15) is 0 Å². The van der Waals surface area contributed by atoms with Crippen molar-refractivity contribution >= 4 is 11.9 Å². The first-order valence-electron chi connectivity index (χ1n) is 7.31. The molecule has 0 N–H and O–H groups in total. The van der Waals surface area contributed by atoms with Crippen LogP contribution in [0.2, 0.25) is 0 Å². The minimum atomic E-state index is -0.0849. The Morgan fingerprint density at radius 2 is 1.73 bits per heavy atom. The van der Waals surface area contributed by atoms with Crippen LogP contribution in [-0.2, 0) is 5.41 Å². The molecule has 1 nitrogen and oxygen atoms in total. The largest absolute Gasteiger partial charge is 0.289 e. The molecule has 2 aromatic carbocycles. The van der Waals surface area contributed by atoms with E-state index in [1.165, 1.54) is 0 Å². The Morgan fingerprint density at radius 3 is 2.32 bits per heavy atom. The van der Waals surface area contributed by atoms with Gasteiger partial charge < -0.3 is 0 Å². The maximum Gasteiger partial charge on any atom is 0.185 e. The second-order valence-electron chi connectivity index (χ2n) is 6.23. The smallest absolute Gasteiger partial charge is 0.185 e. The SMILES string of the molecule is C#Cc1cccc(C=CC(=O)c2ccccc2)c1C(C)(C)C. The van der Waals surface area contributed by atoms with Gasteiger partial charge in [-0.05, 0) is 28.7 Å². The van der Waals surface area contributed by atoms with Crippen molar-refractivity contribution in [1.29, 1.82) is 0 Å². The summed E-state index contributed by atoms with van der Waals surface area (Å²) in [4.78, 5) is 12.2. The zero-order chi connectivity index (χ0) is 16.2. The van der Waals surface area contributed by atoms with Crippen LogP contribution in [0.5, 0.6) is 0 Å². The first kappa shape index (κ1) is 15.8. The summed E-state index contributed by atoms with van der Waals surface area (Å²) in [5.41, 5.74) is 3.56. The molecular weight excluding hydrogens is 268 g/mol. The van der Waals surface area contributed by atoms with E-state index < -0.39 is 0 Å². The third-order valence-corrected chi connectivity index (χ3v) is 3.47. The molecule has 0 aliphatic heterocycles. The number of carbonyl (C=O) groups is 1. The number of hydrogen-bond donors (Lipinski definition) is 0. The average Bonchev–Trinajstić information content (AvgIpc) is 2.52. The number of allylic oxidation sites excluding steroid dienone is 1. The minimum Gasteiger partial charge on any atom is -0.289 e. The van der Waals surface area contributed by atoms with Crippen molar-refractivity contribution in [3.8, 4) is 12.3 Å². The number of rotatable bonds is 3. The van der Waals surface area contributed by atoms with Crippen LogP contribution in [0.4, 0.5) is 0 Å². The number of benzene rings is 2. The predicted octanol–water partition coefficient (Wildman–Crippen LogP) is 4.86. The molecule has 0 aromatic heterocycles. The van der Waals surface area contributed by atoms with Gasteiger partial charge in [0.15, 0.2) is 5.78 Å². The Morgan fingerprint density at radius 1 is 1.05 bits per heavy atom. The Hall–Kier alpha value is -2.59. The van der Waals surface area contributed by atoms with Gasteiger partial charge in [-0.2, -0.15) is 0 Å². The van der Waals surface area contributed by atoms with Crippen LogP contribution in [0, 0.1) is 12.3 Å².